The Balaban J connectivity index is 1.28. The van der Waals surface area contributed by atoms with Crippen molar-refractivity contribution < 1.29 is 0 Å². The molecule has 0 saturated carbocycles. The third-order valence-electron chi connectivity index (χ3n) is 8.51. The number of allylic oxidation sites excluding steroid dienone is 2. The zero-order chi connectivity index (χ0) is 32.0. The lowest BCUT2D eigenvalue weighted by atomic mass is 9.96. The minimum Gasteiger partial charge on any atom is -0.264 e. The van der Waals surface area contributed by atoms with Gasteiger partial charge < -0.3 is 0 Å². The molecule has 0 radical (unpaired) electrons. The topological polar surface area (TPSA) is 25.2 Å². The number of aliphatic imine (C=N–C) groups is 1. The van der Waals surface area contributed by atoms with E-state index in [0.717, 1.165) is 50.2 Å². The lowest BCUT2D eigenvalue weighted by molar-refractivity contribution is 1.33. The van der Waals surface area contributed by atoms with Gasteiger partial charge in [-0.05, 0) is 86.5 Å². The first-order chi connectivity index (χ1) is 23.1. The normalized spacial score (nSPS) is 11.9. The second-order valence-corrected chi connectivity index (χ2v) is 11.6. The summed E-state index contributed by atoms with van der Waals surface area (Å²) in [5, 5.41) is 2.45. The van der Waals surface area contributed by atoms with E-state index < -0.39 is 0 Å². The summed E-state index contributed by atoms with van der Waals surface area (Å²) in [7, 11) is 0. The first kappa shape index (κ1) is 29.6. The van der Waals surface area contributed by atoms with Crippen LogP contribution in [0.2, 0.25) is 0 Å². The molecule has 2 nitrogen and oxygen atoms in total. The zero-order valence-corrected chi connectivity index (χ0v) is 26.3. The fraction of sp³-hybridized carbons (Fsp3) is 0.0222. The van der Waals surface area contributed by atoms with E-state index in [1.165, 1.54) is 21.9 Å². The summed E-state index contributed by atoms with van der Waals surface area (Å²) in [4.78, 5) is 9.49. The Morgan fingerprint density at radius 2 is 1.19 bits per heavy atom. The molecular weight excluding hydrogens is 569 g/mol. The summed E-state index contributed by atoms with van der Waals surface area (Å²) < 4.78 is 0. The second kappa shape index (κ2) is 13.5. The molecule has 0 bridgehead atoms. The Kier molecular flexibility index (Phi) is 8.48. The maximum atomic E-state index is 5.22. The van der Waals surface area contributed by atoms with Crippen LogP contribution in [0.15, 0.2) is 188 Å². The molecule has 2 heteroatoms. The lowest BCUT2D eigenvalue weighted by Crippen LogP contribution is -2.00. The van der Waals surface area contributed by atoms with Crippen molar-refractivity contribution in [3.8, 4) is 33.4 Å². The van der Waals surface area contributed by atoms with E-state index in [9.17, 15) is 0 Å². The van der Waals surface area contributed by atoms with Crippen molar-refractivity contribution in [3.05, 3.63) is 199 Å². The summed E-state index contributed by atoms with van der Waals surface area (Å²) in [5.74, 6) is 0. The Bertz CT molecular complexity index is 2240. The highest BCUT2D eigenvalue weighted by atomic mass is 14.8. The molecule has 6 aromatic carbocycles. The first-order valence-corrected chi connectivity index (χ1v) is 15.8. The fourth-order valence-corrected chi connectivity index (χ4v) is 5.97. The standard InChI is InChI=1S/C45H34N2/c1-32(34-23-25-36(26-24-34)42-20-11-27-46-31-42)28-45(41-19-9-17-39(30-41)35-12-4-3-5-13-35)47-33(2)38-16-8-18-40(29-38)44-22-10-15-37-14-6-7-21-43(37)44/h3-31H,2H2,1H3/b32-28+,47-45+. The van der Waals surface area contributed by atoms with E-state index in [1.54, 1.807) is 6.20 Å². The molecule has 0 N–H and O–H groups in total. The molecule has 7 rings (SSSR count). The molecule has 0 atom stereocenters. The van der Waals surface area contributed by atoms with Gasteiger partial charge in [-0.25, -0.2) is 4.99 Å². The van der Waals surface area contributed by atoms with Gasteiger partial charge in [-0.3, -0.25) is 4.98 Å². The second-order valence-electron chi connectivity index (χ2n) is 11.6. The van der Waals surface area contributed by atoms with E-state index in [4.69, 9.17) is 4.99 Å². The summed E-state index contributed by atoms with van der Waals surface area (Å²) in [6, 6.07) is 55.2. The van der Waals surface area contributed by atoms with E-state index >= 15 is 0 Å². The van der Waals surface area contributed by atoms with Gasteiger partial charge in [-0.15, -0.1) is 0 Å². The van der Waals surface area contributed by atoms with Crippen molar-refractivity contribution in [1.82, 2.24) is 4.98 Å². The molecule has 1 aromatic heterocycles. The predicted octanol–water partition coefficient (Wildman–Crippen LogP) is 11.8. The average Bonchev–Trinajstić information content (AvgIpc) is 3.15. The average molecular weight is 603 g/mol. The van der Waals surface area contributed by atoms with Gasteiger partial charge in [0.1, 0.15) is 0 Å². The van der Waals surface area contributed by atoms with Crippen LogP contribution in [0.4, 0.5) is 0 Å². The van der Waals surface area contributed by atoms with Gasteiger partial charge in [0.05, 0.1) is 11.4 Å². The number of fused-ring (bicyclic) bond motifs is 1. The highest BCUT2D eigenvalue weighted by Crippen LogP contribution is 2.31. The van der Waals surface area contributed by atoms with Gasteiger partial charge in [0, 0.05) is 23.5 Å². The number of aromatic nitrogens is 1. The summed E-state index contributed by atoms with van der Waals surface area (Å²) >= 11 is 0. The van der Waals surface area contributed by atoms with Crippen LogP contribution in [0.3, 0.4) is 0 Å². The monoisotopic (exact) mass is 602 g/mol. The number of hydrogen-bond donors (Lipinski definition) is 0. The van der Waals surface area contributed by atoms with Crippen LogP contribution in [0, 0.1) is 0 Å². The Labute approximate surface area is 276 Å². The summed E-state index contributed by atoms with van der Waals surface area (Å²) in [6.45, 7) is 6.61. The molecule has 0 spiro atoms. The highest BCUT2D eigenvalue weighted by molar-refractivity contribution is 6.14. The molecule has 0 amide bonds. The predicted molar refractivity (Wildman–Crippen MR) is 200 cm³/mol. The van der Waals surface area contributed by atoms with Crippen molar-refractivity contribution in [3.63, 3.8) is 0 Å². The van der Waals surface area contributed by atoms with Gasteiger partial charge in [0.15, 0.2) is 0 Å². The number of benzene rings is 6. The molecule has 0 fully saturated rings. The molecule has 0 aliphatic heterocycles. The van der Waals surface area contributed by atoms with Crippen LogP contribution in [-0.4, -0.2) is 10.7 Å². The summed E-state index contributed by atoms with van der Waals surface area (Å²) in [5.41, 5.74) is 12.7. The Morgan fingerprint density at radius 1 is 0.553 bits per heavy atom. The van der Waals surface area contributed by atoms with Crippen LogP contribution in [-0.2, 0) is 0 Å². The van der Waals surface area contributed by atoms with Crippen LogP contribution in [0.5, 0.6) is 0 Å². The SMILES string of the molecule is C=C(/N=C(\C=C(/C)c1ccc(-c2cccnc2)cc1)c1cccc(-c2ccccc2)c1)c1cccc(-c2cccc3ccccc23)c1. The van der Waals surface area contributed by atoms with Crippen molar-refractivity contribution >= 4 is 27.8 Å². The van der Waals surface area contributed by atoms with Crippen molar-refractivity contribution in [2.75, 3.05) is 0 Å². The molecule has 224 valence electrons. The smallest absolute Gasteiger partial charge is 0.0712 e. The molecule has 0 aliphatic rings. The largest absolute Gasteiger partial charge is 0.264 e. The minimum absolute atomic E-state index is 0.711. The fourth-order valence-electron chi connectivity index (χ4n) is 5.97. The van der Waals surface area contributed by atoms with E-state index in [-0.39, 0.29) is 0 Å². The molecule has 0 saturated heterocycles. The number of pyridine rings is 1. The third-order valence-corrected chi connectivity index (χ3v) is 8.51. The highest BCUT2D eigenvalue weighted by Gasteiger charge is 2.10. The molecule has 0 aliphatic carbocycles. The van der Waals surface area contributed by atoms with Crippen LogP contribution in [0.25, 0.3) is 55.4 Å². The molecule has 1 heterocycles. The lowest BCUT2D eigenvalue weighted by Gasteiger charge is -2.12. The maximum absolute atomic E-state index is 5.22. The Hall–Kier alpha value is -6.12. The quantitative estimate of drug-likeness (QED) is 0.159. The van der Waals surface area contributed by atoms with Crippen molar-refractivity contribution in [2.45, 2.75) is 6.92 Å². The van der Waals surface area contributed by atoms with Gasteiger partial charge in [0.25, 0.3) is 0 Å². The number of rotatable bonds is 8. The van der Waals surface area contributed by atoms with E-state index in [0.29, 0.717) is 5.70 Å². The molecular formula is C45H34N2. The maximum Gasteiger partial charge on any atom is 0.0712 e. The van der Waals surface area contributed by atoms with Crippen molar-refractivity contribution in [2.24, 2.45) is 4.99 Å². The Morgan fingerprint density at radius 3 is 2.00 bits per heavy atom. The van der Waals surface area contributed by atoms with Crippen molar-refractivity contribution in [1.29, 1.82) is 0 Å². The first-order valence-electron chi connectivity index (χ1n) is 15.8. The van der Waals surface area contributed by atoms with E-state index in [1.807, 2.05) is 18.3 Å². The van der Waals surface area contributed by atoms with Gasteiger partial charge in [-0.1, -0.05) is 146 Å². The molecule has 7 aromatic rings. The van der Waals surface area contributed by atoms with Crippen LogP contribution < -0.4 is 0 Å². The van der Waals surface area contributed by atoms with Gasteiger partial charge in [0.2, 0.25) is 0 Å². The molecule has 47 heavy (non-hydrogen) atoms. The number of hydrogen-bond acceptors (Lipinski definition) is 2. The van der Waals surface area contributed by atoms with Gasteiger partial charge in [-0.2, -0.15) is 0 Å². The number of nitrogens with zero attached hydrogens (tertiary/aromatic N) is 2. The molecule has 0 unspecified atom stereocenters. The minimum atomic E-state index is 0.711. The summed E-state index contributed by atoms with van der Waals surface area (Å²) in [6.07, 6.45) is 5.86. The van der Waals surface area contributed by atoms with Crippen LogP contribution in [0.1, 0.15) is 23.6 Å². The van der Waals surface area contributed by atoms with Crippen LogP contribution >= 0.6 is 0 Å². The zero-order valence-electron chi connectivity index (χ0n) is 26.3. The van der Waals surface area contributed by atoms with Gasteiger partial charge >= 0.3 is 0 Å². The third kappa shape index (κ3) is 6.63. The van der Waals surface area contributed by atoms with E-state index in [2.05, 4.69) is 170 Å².